The molecule has 0 amide bonds. The number of alkyl halides is 9. The molecule has 0 aromatic rings. The van der Waals surface area contributed by atoms with Crippen LogP contribution in [0.5, 0.6) is 0 Å². The first-order chi connectivity index (χ1) is 10.7. The number of aliphatic hydroxyl groups is 1. The molecular weight excluding hydrogens is 367 g/mol. The van der Waals surface area contributed by atoms with Gasteiger partial charge in [-0.15, -0.1) is 0 Å². The summed E-state index contributed by atoms with van der Waals surface area (Å²) >= 11 is 0. The summed E-state index contributed by atoms with van der Waals surface area (Å²) in [7, 11) is 0.759. The van der Waals surface area contributed by atoms with Crippen molar-refractivity contribution in [1.82, 2.24) is 0 Å². The largest absolute Gasteiger partial charge is 0.460 e. The zero-order valence-electron chi connectivity index (χ0n) is 11.9. The quantitative estimate of drug-likeness (QED) is 0.380. The molecule has 0 bridgehead atoms. The van der Waals surface area contributed by atoms with Gasteiger partial charge in [0.1, 0.15) is 12.2 Å². The lowest BCUT2D eigenvalue weighted by molar-refractivity contribution is -0.399. The second-order valence-electron chi connectivity index (χ2n) is 5.01. The summed E-state index contributed by atoms with van der Waals surface area (Å²) in [4.78, 5) is 0. The van der Waals surface area contributed by atoms with Crippen molar-refractivity contribution in [2.24, 2.45) is 0 Å². The Labute approximate surface area is 129 Å². The normalized spacial score (nSPS) is 22.4. The van der Waals surface area contributed by atoms with E-state index in [2.05, 4.69) is 14.2 Å². The fourth-order valence-corrected chi connectivity index (χ4v) is 1.58. The van der Waals surface area contributed by atoms with Gasteiger partial charge in [0.25, 0.3) is 0 Å². The summed E-state index contributed by atoms with van der Waals surface area (Å²) in [5.41, 5.74) is 0. The molecule has 0 aromatic heterocycles. The Balaban J connectivity index is 2.96. The van der Waals surface area contributed by atoms with Gasteiger partial charge in [0.05, 0.1) is 13.2 Å². The van der Waals surface area contributed by atoms with E-state index in [-0.39, 0.29) is 6.61 Å². The molecule has 1 aliphatic rings. The lowest BCUT2D eigenvalue weighted by atomic mass is 9.98. The first-order valence-corrected chi connectivity index (χ1v) is 6.31. The zero-order chi connectivity index (χ0) is 19.0. The first-order valence-electron chi connectivity index (χ1n) is 6.31. The minimum atomic E-state index is -6.99. The number of hydrogen-bond donors (Lipinski definition) is 1. The van der Waals surface area contributed by atoms with Gasteiger partial charge >= 0.3 is 23.9 Å². The molecule has 0 spiro atoms. The summed E-state index contributed by atoms with van der Waals surface area (Å²) in [6, 6.07) is 0. The second-order valence-corrected chi connectivity index (χ2v) is 5.01. The van der Waals surface area contributed by atoms with Gasteiger partial charge < -0.3 is 19.3 Å². The summed E-state index contributed by atoms with van der Waals surface area (Å²) in [5, 5.41) is 9.27. The van der Waals surface area contributed by atoms with Gasteiger partial charge in [-0.05, 0) is 0 Å². The van der Waals surface area contributed by atoms with Crippen molar-refractivity contribution in [1.29, 1.82) is 0 Å². The topological polar surface area (TPSA) is 51.2 Å². The van der Waals surface area contributed by atoms with Gasteiger partial charge in [0.2, 0.25) is 0 Å². The monoisotopic (exact) mass is 380 g/mol. The van der Waals surface area contributed by atoms with Gasteiger partial charge in [0.15, 0.2) is 6.29 Å². The van der Waals surface area contributed by atoms with Crippen LogP contribution in [0.4, 0.5) is 39.5 Å². The average Bonchev–Trinajstić information content (AvgIpc) is 3.24. The van der Waals surface area contributed by atoms with E-state index in [1.807, 2.05) is 0 Å². The molecule has 3 atom stereocenters. The fraction of sp³-hybridized carbons (Fsp3) is 1.00. The smallest absolute Gasteiger partial charge is 0.371 e. The summed E-state index contributed by atoms with van der Waals surface area (Å²) < 4.78 is 128. The van der Waals surface area contributed by atoms with Crippen LogP contribution < -0.4 is 0 Å². The van der Waals surface area contributed by atoms with E-state index < -0.39 is 55.5 Å². The predicted molar refractivity (Wildman–Crippen MR) is 58.0 cm³/mol. The maximum atomic E-state index is 13.5. The van der Waals surface area contributed by atoms with Gasteiger partial charge in [-0.3, -0.25) is 0 Å². The van der Waals surface area contributed by atoms with E-state index in [0.29, 0.717) is 0 Å². The Morgan fingerprint density at radius 3 is 1.92 bits per heavy atom. The third-order valence-corrected chi connectivity index (χ3v) is 3.13. The van der Waals surface area contributed by atoms with E-state index in [1.54, 1.807) is 0 Å². The highest BCUT2D eigenvalue weighted by molar-refractivity contribution is 5.01. The number of aliphatic hydroxyl groups excluding tert-OH is 1. The van der Waals surface area contributed by atoms with E-state index >= 15 is 0 Å². The number of epoxide rings is 1. The molecule has 1 heterocycles. The molecule has 1 saturated heterocycles. The molecule has 0 aliphatic carbocycles. The summed E-state index contributed by atoms with van der Waals surface area (Å²) in [6.45, 7) is -0.323. The number of ether oxygens (including phenoxy) is 3. The van der Waals surface area contributed by atoms with Crippen molar-refractivity contribution in [2.45, 2.75) is 48.9 Å². The lowest BCUT2D eigenvalue weighted by Gasteiger charge is -2.35. The molecule has 13 heteroatoms. The highest BCUT2D eigenvalue weighted by Crippen LogP contribution is 2.54. The lowest BCUT2D eigenvalue weighted by Crippen LogP contribution is -2.62. The molecule has 0 aromatic carbocycles. The zero-order valence-corrected chi connectivity index (χ0v) is 11.9. The fourth-order valence-electron chi connectivity index (χ4n) is 1.58. The van der Waals surface area contributed by atoms with Crippen molar-refractivity contribution in [3.63, 3.8) is 0 Å². The van der Waals surface area contributed by atoms with Crippen LogP contribution in [0.2, 0.25) is 0 Å². The highest BCUT2D eigenvalue weighted by Gasteiger charge is 2.81. The third kappa shape index (κ3) is 4.24. The van der Waals surface area contributed by atoms with Crippen molar-refractivity contribution >= 4 is 0 Å². The van der Waals surface area contributed by atoms with Crippen LogP contribution in [0.1, 0.15) is 6.42 Å². The van der Waals surface area contributed by atoms with Gasteiger partial charge in [-0.2, -0.15) is 39.5 Å². The minimum Gasteiger partial charge on any atom is -0.371 e. The molecule has 0 radical (unpaired) electrons. The first kappa shape index (κ1) is 21.3. The van der Waals surface area contributed by atoms with Crippen molar-refractivity contribution in [3.8, 4) is 0 Å². The number of halogens is 9. The molecule has 144 valence electrons. The Hall–Kier alpha value is -0.790. The molecule has 0 saturated carbocycles. The second kappa shape index (κ2) is 6.84. The van der Waals surface area contributed by atoms with Crippen LogP contribution in [0.25, 0.3) is 0 Å². The third-order valence-electron chi connectivity index (χ3n) is 3.13. The van der Waals surface area contributed by atoms with E-state index in [9.17, 15) is 44.6 Å². The maximum absolute atomic E-state index is 13.5. The standard InChI is InChI=1S/C11H13F9O4/c1-22-7(21)6(24-4-5-3-23-5)2-8(12,13)9(14,15)10(16,17)11(18,19)20/h5-7,21H,2-4H2,1H3. The molecule has 4 nitrogen and oxygen atoms in total. The van der Waals surface area contributed by atoms with Crippen molar-refractivity contribution in [3.05, 3.63) is 0 Å². The van der Waals surface area contributed by atoms with E-state index in [0.717, 1.165) is 7.11 Å². The van der Waals surface area contributed by atoms with Crippen LogP contribution in [0.3, 0.4) is 0 Å². The van der Waals surface area contributed by atoms with Crippen LogP contribution in [0, 0.1) is 0 Å². The molecule has 1 N–H and O–H groups in total. The van der Waals surface area contributed by atoms with Gasteiger partial charge in [0, 0.05) is 13.5 Å². The van der Waals surface area contributed by atoms with Crippen LogP contribution >= 0.6 is 0 Å². The van der Waals surface area contributed by atoms with Gasteiger partial charge in [-0.25, -0.2) is 0 Å². The summed E-state index contributed by atoms with van der Waals surface area (Å²) in [6.07, 6.45) is -14.4. The Bertz CT molecular complexity index is 422. The molecule has 3 unspecified atom stereocenters. The van der Waals surface area contributed by atoms with Crippen molar-refractivity contribution < 1.29 is 58.8 Å². The van der Waals surface area contributed by atoms with Crippen LogP contribution in [-0.4, -0.2) is 67.9 Å². The van der Waals surface area contributed by atoms with Crippen LogP contribution in [-0.2, 0) is 14.2 Å². The number of hydrogen-bond acceptors (Lipinski definition) is 4. The summed E-state index contributed by atoms with van der Waals surface area (Å²) in [5.74, 6) is -19.6. The Morgan fingerprint density at radius 1 is 1.04 bits per heavy atom. The van der Waals surface area contributed by atoms with Crippen LogP contribution in [0.15, 0.2) is 0 Å². The average molecular weight is 380 g/mol. The molecule has 1 fully saturated rings. The molecular formula is C11H13F9O4. The number of methoxy groups -OCH3 is 1. The molecule has 1 aliphatic heterocycles. The Morgan fingerprint density at radius 2 is 1.54 bits per heavy atom. The predicted octanol–water partition coefficient (Wildman–Crippen LogP) is 2.59. The molecule has 24 heavy (non-hydrogen) atoms. The Kier molecular flexibility index (Phi) is 6.06. The van der Waals surface area contributed by atoms with E-state index in [4.69, 9.17) is 0 Å². The van der Waals surface area contributed by atoms with Crippen molar-refractivity contribution in [2.75, 3.05) is 20.3 Å². The minimum absolute atomic E-state index is 0.147. The highest BCUT2D eigenvalue weighted by atomic mass is 19.4. The number of rotatable bonds is 9. The molecule has 1 rings (SSSR count). The SMILES string of the molecule is COC(O)C(CC(F)(F)C(F)(F)C(F)(F)C(F)(F)F)OCC1CO1. The maximum Gasteiger partial charge on any atom is 0.460 e. The van der Waals surface area contributed by atoms with E-state index in [1.165, 1.54) is 0 Å². The van der Waals surface area contributed by atoms with Gasteiger partial charge in [-0.1, -0.05) is 0 Å².